The monoisotopic (exact) mass is 328 g/mol. The summed E-state index contributed by atoms with van der Waals surface area (Å²) in [6, 6.07) is 2.88. The van der Waals surface area contributed by atoms with Crippen LogP contribution in [-0.4, -0.2) is 24.7 Å². The number of carbonyl (C=O) groups excluding carboxylic acids is 1. The summed E-state index contributed by atoms with van der Waals surface area (Å²) >= 11 is 0. The number of fused-ring (bicyclic) bond motifs is 2. The highest BCUT2D eigenvalue weighted by Crippen LogP contribution is 2.41. The number of hydrogen-bond acceptors (Lipinski definition) is 3. The minimum absolute atomic E-state index is 0.0499. The van der Waals surface area contributed by atoms with E-state index >= 15 is 0 Å². The van der Waals surface area contributed by atoms with E-state index in [4.69, 9.17) is 0 Å². The van der Waals surface area contributed by atoms with Gasteiger partial charge in [-0.25, -0.2) is 17.2 Å². The molecule has 120 valence electrons. The average Bonchev–Trinajstić information content (AvgIpc) is 2.68. The van der Waals surface area contributed by atoms with Gasteiger partial charge in [0.2, 0.25) is 0 Å². The van der Waals surface area contributed by atoms with Gasteiger partial charge in [0.05, 0.1) is 10.5 Å². The third kappa shape index (κ3) is 2.47. The molecule has 1 aromatic carbocycles. The van der Waals surface area contributed by atoms with Crippen molar-refractivity contribution in [1.82, 2.24) is 0 Å². The SMILES string of the molecule is Cc1ccc(CC(=O)C2CC3CCC(C2)S3(=O)=O)c(F)c1F. The largest absolute Gasteiger partial charge is 0.299 e. The number of carbonyl (C=O) groups is 1. The molecule has 1 aromatic rings. The third-order valence-electron chi connectivity index (χ3n) is 5.01. The molecule has 0 radical (unpaired) electrons. The Morgan fingerprint density at radius 1 is 1.14 bits per heavy atom. The summed E-state index contributed by atoms with van der Waals surface area (Å²) in [6.07, 6.45) is 1.71. The molecular weight excluding hydrogens is 310 g/mol. The molecule has 6 heteroatoms. The van der Waals surface area contributed by atoms with Gasteiger partial charge >= 0.3 is 0 Å². The molecule has 2 aliphatic heterocycles. The van der Waals surface area contributed by atoms with Crippen LogP contribution in [0.2, 0.25) is 0 Å². The number of benzene rings is 1. The minimum atomic E-state index is -3.08. The fourth-order valence-electron chi connectivity index (χ4n) is 3.62. The van der Waals surface area contributed by atoms with Crippen LogP contribution in [0, 0.1) is 24.5 Å². The topological polar surface area (TPSA) is 51.2 Å². The minimum Gasteiger partial charge on any atom is -0.299 e. The van der Waals surface area contributed by atoms with Gasteiger partial charge < -0.3 is 0 Å². The summed E-state index contributed by atoms with van der Waals surface area (Å²) in [4.78, 5) is 12.4. The summed E-state index contributed by atoms with van der Waals surface area (Å²) in [7, 11) is -3.08. The molecule has 0 aromatic heterocycles. The first-order chi connectivity index (χ1) is 10.3. The van der Waals surface area contributed by atoms with Crippen molar-refractivity contribution < 1.29 is 22.0 Å². The van der Waals surface area contributed by atoms with Gasteiger partial charge in [0, 0.05) is 12.3 Å². The lowest BCUT2D eigenvalue weighted by atomic mass is 9.90. The lowest BCUT2D eigenvalue weighted by molar-refractivity contribution is -0.122. The van der Waals surface area contributed by atoms with Gasteiger partial charge in [-0.3, -0.25) is 4.79 Å². The van der Waals surface area contributed by atoms with Gasteiger partial charge in [-0.2, -0.15) is 0 Å². The van der Waals surface area contributed by atoms with Gasteiger partial charge in [-0.05, 0) is 43.7 Å². The van der Waals surface area contributed by atoms with E-state index in [2.05, 4.69) is 0 Å². The fraction of sp³-hybridized carbons (Fsp3) is 0.562. The summed E-state index contributed by atoms with van der Waals surface area (Å²) < 4.78 is 51.4. The van der Waals surface area contributed by atoms with Crippen molar-refractivity contribution in [2.75, 3.05) is 0 Å². The van der Waals surface area contributed by atoms with Crippen molar-refractivity contribution in [3.05, 3.63) is 34.9 Å². The van der Waals surface area contributed by atoms with Crippen LogP contribution >= 0.6 is 0 Å². The van der Waals surface area contributed by atoms with Crippen LogP contribution < -0.4 is 0 Å². The Bertz CT molecular complexity index is 707. The highest BCUT2D eigenvalue weighted by Gasteiger charge is 2.48. The van der Waals surface area contributed by atoms with E-state index in [0.29, 0.717) is 25.7 Å². The first-order valence-corrected chi connectivity index (χ1v) is 9.10. The lowest BCUT2D eigenvalue weighted by Gasteiger charge is -2.27. The number of aryl methyl sites for hydroxylation is 1. The average molecular weight is 328 g/mol. The normalized spacial score (nSPS) is 29.5. The highest BCUT2D eigenvalue weighted by molar-refractivity contribution is 7.93. The molecule has 0 N–H and O–H groups in total. The Morgan fingerprint density at radius 3 is 2.32 bits per heavy atom. The van der Waals surface area contributed by atoms with Gasteiger partial charge in [0.15, 0.2) is 21.5 Å². The number of halogens is 2. The van der Waals surface area contributed by atoms with E-state index in [-0.39, 0.29) is 29.2 Å². The molecule has 3 rings (SSSR count). The van der Waals surface area contributed by atoms with Crippen LogP contribution in [0.1, 0.15) is 36.8 Å². The molecule has 2 bridgehead atoms. The molecule has 22 heavy (non-hydrogen) atoms. The molecule has 2 heterocycles. The van der Waals surface area contributed by atoms with Crippen molar-refractivity contribution in [3.8, 4) is 0 Å². The van der Waals surface area contributed by atoms with Crippen molar-refractivity contribution in [2.24, 2.45) is 5.92 Å². The zero-order valence-electron chi connectivity index (χ0n) is 12.3. The highest BCUT2D eigenvalue weighted by atomic mass is 32.2. The molecule has 0 aliphatic carbocycles. The Morgan fingerprint density at radius 2 is 1.73 bits per heavy atom. The molecule has 0 amide bonds. The van der Waals surface area contributed by atoms with Crippen LogP contribution in [0.25, 0.3) is 0 Å². The van der Waals surface area contributed by atoms with E-state index in [0.717, 1.165) is 0 Å². The molecule has 2 unspecified atom stereocenters. The summed E-state index contributed by atoms with van der Waals surface area (Å²) in [5.74, 6) is -2.44. The van der Waals surface area contributed by atoms with Crippen molar-refractivity contribution >= 4 is 15.6 Å². The predicted molar refractivity (Wildman–Crippen MR) is 78.3 cm³/mol. The molecule has 2 saturated heterocycles. The van der Waals surface area contributed by atoms with Crippen LogP contribution in [0.15, 0.2) is 12.1 Å². The first kappa shape index (κ1) is 15.6. The standard InChI is InChI=1S/C16H18F2O3S/c1-9-2-3-10(16(18)15(9)17)8-14(19)11-6-12-4-5-13(7-11)22(12,20)21/h2-3,11-13H,4-8H2,1H3. The van der Waals surface area contributed by atoms with Crippen molar-refractivity contribution in [3.63, 3.8) is 0 Å². The second kappa shape index (κ2) is 5.41. The summed E-state index contributed by atoms with van der Waals surface area (Å²) in [6.45, 7) is 1.47. The number of ketones is 1. The Labute approximate surface area is 128 Å². The molecule has 2 fully saturated rings. The van der Waals surface area contributed by atoms with E-state index < -0.39 is 32.0 Å². The first-order valence-electron chi connectivity index (χ1n) is 7.49. The predicted octanol–water partition coefficient (Wildman–Crippen LogP) is 2.74. The Hall–Kier alpha value is -1.30. The second-order valence-electron chi connectivity index (χ2n) is 6.39. The maximum atomic E-state index is 13.9. The zero-order valence-corrected chi connectivity index (χ0v) is 13.1. The number of Topliss-reactive ketones (excluding diaryl/α,β-unsaturated/α-hetero) is 1. The quantitative estimate of drug-likeness (QED) is 0.857. The van der Waals surface area contributed by atoms with Crippen molar-refractivity contribution in [2.45, 2.75) is 49.5 Å². The maximum absolute atomic E-state index is 13.9. The summed E-state index contributed by atoms with van der Waals surface area (Å²) in [5, 5.41) is -0.861. The molecule has 0 saturated carbocycles. The summed E-state index contributed by atoms with van der Waals surface area (Å²) in [5.41, 5.74) is 0.254. The van der Waals surface area contributed by atoms with Gasteiger partial charge in [0.25, 0.3) is 0 Å². The van der Waals surface area contributed by atoms with Crippen LogP contribution in [-0.2, 0) is 21.1 Å². The van der Waals surface area contributed by atoms with E-state index in [1.165, 1.54) is 19.1 Å². The second-order valence-corrected chi connectivity index (χ2v) is 8.90. The fourth-order valence-corrected chi connectivity index (χ4v) is 6.10. The number of sulfone groups is 1. The van der Waals surface area contributed by atoms with E-state index in [1.807, 2.05) is 0 Å². The Balaban J connectivity index is 1.76. The molecule has 3 nitrogen and oxygen atoms in total. The van der Waals surface area contributed by atoms with Crippen molar-refractivity contribution in [1.29, 1.82) is 0 Å². The van der Waals surface area contributed by atoms with E-state index in [9.17, 15) is 22.0 Å². The molecular formula is C16H18F2O3S. The molecule has 2 aliphatic rings. The van der Waals surface area contributed by atoms with Gasteiger partial charge in [-0.15, -0.1) is 0 Å². The maximum Gasteiger partial charge on any atom is 0.162 e. The number of hydrogen-bond donors (Lipinski definition) is 0. The molecule has 2 atom stereocenters. The molecule has 0 spiro atoms. The number of rotatable bonds is 3. The van der Waals surface area contributed by atoms with Gasteiger partial charge in [0.1, 0.15) is 5.78 Å². The Kier molecular flexibility index (Phi) is 3.83. The van der Waals surface area contributed by atoms with Crippen LogP contribution in [0.5, 0.6) is 0 Å². The third-order valence-corrected chi connectivity index (χ3v) is 7.72. The van der Waals surface area contributed by atoms with E-state index in [1.54, 1.807) is 0 Å². The van der Waals surface area contributed by atoms with Crippen LogP contribution in [0.4, 0.5) is 8.78 Å². The smallest absolute Gasteiger partial charge is 0.162 e. The van der Waals surface area contributed by atoms with Crippen LogP contribution in [0.3, 0.4) is 0 Å². The van der Waals surface area contributed by atoms with Gasteiger partial charge in [-0.1, -0.05) is 12.1 Å². The zero-order chi connectivity index (χ0) is 16.1. The lowest BCUT2D eigenvalue weighted by Crippen LogP contribution is -2.36.